The average molecular weight is 831 g/mol. The van der Waals surface area contributed by atoms with E-state index in [1.165, 1.54) is 0 Å². The van der Waals surface area contributed by atoms with E-state index in [-0.39, 0.29) is 17.9 Å². The third-order valence-corrected chi connectivity index (χ3v) is 9.79. The van der Waals surface area contributed by atoms with Crippen LogP contribution in [0.1, 0.15) is 38.1 Å². The number of nitrogens with one attached hydrogen (secondary N) is 3. The molecule has 0 radical (unpaired) electrons. The zero-order valence-corrected chi connectivity index (χ0v) is 33.9. The van der Waals surface area contributed by atoms with Crippen LogP contribution in [0.3, 0.4) is 0 Å². The van der Waals surface area contributed by atoms with Crippen LogP contribution < -0.4 is 25.4 Å². The maximum Gasteiger partial charge on any atom is 0.233 e. The van der Waals surface area contributed by atoms with Crippen LogP contribution in [0.5, 0.6) is 11.8 Å². The van der Waals surface area contributed by atoms with Gasteiger partial charge < -0.3 is 25.4 Å². The van der Waals surface area contributed by atoms with Crippen molar-refractivity contribution in [3.05, 3.63) is 80.0 Å². The molecule has 2 unspecified atom stereocenters. The number of halogens is 5. The van der Waals surface area contributed by atoms with Gasteiger partial charge in [0.05, 0.1) is 37.3 Å². The molecule has 2 atom stereocenters. The van der Waals surface area contributed by atoms with Crippen molar-refractivity contribution in [2.75, 3.05) is 51.8 Å². The summed E-state index contributed by atoms with van der Waals surface area (Å²) in [6.07, 6.45) is 2.05. The summed E-state index contributed by atoms with van der Waals surface area (Å²) < 4.78 is 14.7. The Morgan fingerprint density at radius 2 is 1.30 bits per heavy atom. The number of rotatable bonds is 11. The molecule has 3 N–H and O–H groups in total. The van der Waals surface area contributed by atoms with Crippen LogP contribution in [0.15, 0.2) is 48.5 Å². The maximum absolute atomic E-state index is 11.1. The van der Waals surface area contributed by atoms with Crippen LogP contribution in [0, 0.1) is 13.8 Å². The van der Waals surface area contributed by atoms with Gasteiger partial charge in [-0.1, -0.05) is 46.4 Å². The van der Waals surface area contributed by atoms with Crippen molar-refractivity contribution < 1.29 is 19.1 Å². The first-order chi connectivity index (χ1) is 25.3. The van der Waals surface area contributed by atoms with Gasteiger partial charge in [-0.15, -0.1) is 21.8 Å². The van der Waals surface area contributed by atoms with E-state index in [0.29, 0.717) is 57.0 Å². The number of aromatic nitrogens is 4. The summed E-state index contributed by atoms with van der Waals surface area (Å²) in [6.45, 7) is 12.6. The van der Waals surface area contributed by atoms with Gasteiger partial charge in [0.1, 0.15) is 13.2 Å². The van der Waals surface area contributed by atoms with E-state index in [1.54, 1.807) is 47.5 Å². The van der Waals surface area contributed by atoms with Gasteiger partial charge in [0.15, 0.2) is 0 Å². The summed E-state index contributed by atoms with van der Waals surface area (Å²) in [4.78, 5) is 23.9. The van der Waals surface area contributed by atoms with Gasteiger partial charge in [-0.05, 0) is 69.6 Å². The molecule has 2 aliphatic heterocycles. The molecule has 12 nitrogen and oxygen atoms in total. The SMILES string of the molecule is CC(=O)NC1CCN(CCOc2cc(C)n(-c3ccc(Cl)c(Cl)c3)n2)C1.CC(=O)NC1CCNC1.Cc1cc(OCCCl)nn1-c1ccc(Cl)c(Cl)c1. The van der Waals surface area contributed by atoms with E-state index < -0.39 is 0 Å². The number of hydrogen-bond acceptors (Lipinski definition) is 8. The van der Waals surface area contributed by atoms with Gasteiger partial charge in [-0.3, -0.25) is 14.5 Å². The quantitative estimate of drug-likeness (QED) is 0.143. The zero-order valence-electron chi connectivity index (χ0n) is 30.1. The lowest BCUT2D eigenvalue weighted by atomic mass is 10.3. The standard InChI is InChI=1S/C18H22Cl2N4O2.C12H11Cl3N2O.C6H12N2O/c1-12-9-18(22-24(12)15-3-4-16(19)17(20)10-15)26-8-7-23-6-5-14(11-23)21-13(2)25;1-8-6-12(18-5-4-13)16-17(8)9-2-3-10(14)11(15)7-9;1-5(9)8-6-2-3-7-4-6/h3-4,9-10,14H,5-8,11H2,1-2H3,(H,21,25);2-3,6-7H,4-5H2,1H3;6-7H,2-4H2,1H3,(H,8,9). The molecule has 2 amide bonds. The van der Waals surface area contributed by atoms with Crippen molar-refractivity contribution in [1.29, 1.82) is 0 Å². The molecule has 53 heavy (non-hydrogen) atoms. The predicted octanol–water partition coefficient (Wildman–Crippen LogP) is 6.67. The first kappa shape index (κ1) is 42.5. The molecule has 4 aromatic rings. The van der Waals surface area contributed by atoms with Crippen LogP contribution >= 0.6 is 58.0 Å². The van der Waals surface area contributed by atoms with Crippen LogP contribution in [-0.4, -0.2) is 100 Å². The number of amides is 2. The van der Waals surface area contributed by atoms with Crippen molar-refractivity contribution in [2.45, 2.75) is 52.6 Å². The van der Waals surface area contributed by atoms with Crippen LogP contribution in [0.4, 0.5) is 0 Å². The lowest BCUT2D eigenvalue weighted by Crippen LogP contribution is -2.36. The molecule has 2 aliphatic rings. The van der Waals surface area contributed by atoms with Gasteiger partial charge in [0.25, 0.3) is 0 Å². The number of ether oxygens (including phenoxy) is 2. The number of carbonyl (C=O) groups excluding carboxylic acids is 2. The minimum atomic E-state index is 0.0245. The largest absolute Gasteiger partial charge is 0.475 e. The summed E-state index contributed by atoms with van der Waals surface area (Å²) in [6, 6.07) is 15.1. The van der Waals surface area contributed by atoms with E-state index in [2.05, 4.69) is 31.0 Å². The first-order valence-electron chi connectivity index (χ1n) is 17.2. The Morgan fingerprint density at radius 1 is 0.774 bits per heavy atom. The molecule has 6 rings (SSSR count). The van der Waals surface area contributed by atoms with Gasteiger partial charge in [0, 0.05) is 75.6 Å². The second kappa shape index (κ2) is 21.0. The molecule has 0 spiro atoms. The van der Waals surface area contributed by atoms with Gasteiger partial charge in [-0.25, -0.2) is 9.36 Å². The number of aryl methyl sites for hydroxylation is 2. The fraction of sp³-hybridized carbons (Fsp3) is 0.444. The Hall–Kier alpha value is -3.23. The summed E-state index contributed by atoms with van der Waals surface area (Å²) >= 11 is 29.5. The first-order valence-corrected chi connectivity index (χ1v) is 19.2. The number of benzene rings is 2. The van der Waals surface area contributed by atoms with Crippen LogP contribution in [0.25, 0.3) is 11.4 Å². The summed E-state index contributed by atoms with van der Waals surface area (Å²) in [5.74, 6) is 1.64. The van der Waals surface area contributed by atoms with E-state index in [9.17, 15) is 9.59 Å². The lowest BCUT2D eigenvalue weighted by molar-refractivity contribution is -0.120. The monoisotopic (exact) mass is 828 g/mol. The minimum Gasteiger partial charge on any atom is -0.475 e. The molecule has 0 aliphatic carbocycles. The fourth-order valence-corrected chi connectivity index (χ4v) is 6.38. The number of likely N-dealkylation sites (tertiary alicyclic amines) is 1. The normalized spacial score (nSPS) is 16.6. The Bertz CT molecular complexity index is 1810. The highest BCUT2D eigenvalue weighted by Crippen LogP contribution is 2.27. The van der Waals surface area contributed by atoms with Crippen molar-refractivity contribution in [2.24, 2.45) is 0 Å². The number of nitrogens with zero attached hydrogens (tertiary/aromatic N) is 5. The molecule has 2 aromatic carbocycles. The van der Waals surface area contributed by atoms with Crippen LogP contribution in [-0.2, 0) is 9.59 Å². The van der Waals surface area contributed by atoms with Crippen LogP contribution in [0.2, 0.25) is 20.1 Å². The third kappa shape index (κ3) is 13.5. The molecule has 2 fully saturated rings. The smallest absolute Gasteiger partial charge is 0.233 e. The molecule has 2 saturated heterocycles. The number of alkyl halides is 1. The summed E-state index contributed by atoms with van der Waals surface area (Å²) in [5.41, 5.74) is 3.57. The number of carbonyl (C=O) groups is 2. The number of hydrogen-bond donors (Lipinski definition) is 3. The van der Waals surface area contributed by atoms with Gasteiger partial charge in [-0.2, -0.15) is 0 Å². The molecule has 4 heterocycles. The average Bonchev–Trinajstić information content (AvgIpc) is 3.92. The topological polar surface area (TPSA) is 128 Å². The van der Waals surface area contributed by atoms with Gasteiger partial charge >= 0.3 is 0 Å². The second-order valence-corrected chi connectivity index (χ2v) is 14.5. The lowest BCUT2D eigenvalue weighted by Gasteiger charge is -2.16. The highest BCUT2D eigenvalue weighted by atomic mass is 35.5. The Balaban J connectivity index is 0.000000200. The van der Waals surface area contributed by atoms with Crippen molar-refractivity contribution >= 4 is 69.8 Å². The van der Waals surface area contributed by atoms with E-state index in [4.69, 9.17) is 67.5 Å². The van der Waals surface area contributed by atoms with E-state index in [0.717, 1.165) is 68.3 Å². The van der Waals surface area contributed by atoms with Crippen molar-refractivity contribution in [3.8, 4) is 23.1 Å². The zero-order chi connectivity index (χ0) is 38.5. The molecule has 17 heteroatoms. The molecule has 0 saturated carbocycles. The molecular weight excluding hydrogens is 786 g/mol. The Kier molecular flexibility index (Phi) is 16.9. The van der Waals surface area contributed by atoms with E-state index in [1.807, 2.05) is 38.1 Å². The molecule has 0 bridgehead atoms. The molecular formula is C36H45Cl5N8O4. The minimum absolute atomic E-state index is 0.0245. The fourth-order valence-electron chi connectivity index (χ4n) is 5.72. The molecule has 288 valence electrons. The highest BCUT2D eigenvalue weighted by molar-refractivity contribution is 6.42. The van der Waals surface area contributed by atoms with Crippen molar-refractivity contribution in [1.82, 2.24) is 40.4 Å². The highest BCUT2D eigenvalue weighted by Gasteiger charge is 2.23. The summed E-state index contributed by atoms with van der Waals surface area (Å²) in [7, 11) is 0. The molecule has 2 aromatic heterocycles. The predicted molar refractivity (Wildman–Crippen MR) is 212 cm³/mol. The second-order valence-electron chi connectivity index (χ2n) is 12.5. The Labute approximate surface area is 335 Å². The summed E-state index contributed by atoms with van der Waals surface area (Å²) in [5, 5.41) is 19.8. The van der Waals surface area contributed by atoms with Gasteiger partial charge in [0.2, 0.25) is 23.6 Å². The van der Waals surface area contributed by atoms with Crippen molar-refractivity contribution in [3.63, 3.8) is 0 Å². The maximum atomic E-state index is 11.1. The Morgan fingerprint density at radius 3 is 1.77 bits per heavy atom. The van der Waals surface area contributed by atoms with E-state index >= 15 is 0 Å². The third-order valence-electron chi connectivity index (χ3n) is 8.16.